The molecule has 5 nitrogen and oxygen atoms in total. The van der Waals surface area contributed by atoms with Gasteiger partial charge in [-0.2, -0.15) is 0 Å². The monoisotopic (exact) mass is 353 g/mol. The molecule has 2 aromatic carbocycles. The van der Waals surface area contributed by atoms with Crippen molar-refractivity contribution in [2.24, 2.45) is 5.92 Å². The Kier molecular flexibility index (Phi) is 5.56. The zero-order valence-electron chi connectivity index (χ0n) is 15.0. The Morgan fingerprint density at radius 1 is 1.12 bits per heavy atom. The van der Waals surface area contributed by atoms with Crippen LogP contribution in [0.5, 0.6) is 5.75 Å². The lowest BCUT2D eigenvalue weighted by Crippen LogP contribution is -2.31. The summed E-state index contributed by atoms with van der Waals surface area (Å²) in [4.78, 5) is 25.2. The van der Waals surface area contributed by atoms with Gasteiger partial charge in [-0.05, 0) is 37.5 Å². The Morgan fingerprint density at radius 3 is 2.46 bits per heavy atom. The molecule has 1 saturated carbocycles. The van der Waals surface area contributed by atoms with Crippen LogP contribution < -0.4 is 10.1 Å². The lowest BCUT2D eigenvalue weighted by atomic mass is 9.85. The number of anilines is 1. The highest BCUT2D eigenvalue weighted by Gasteiger charge is 2.32. The van der Waals surface area contributed by atoms with E-state index >= 15 is 0 Å². The molecule has 1 fully saturated rings. The number of hydrogen-bond acceptors (Lipinski definition) is 4. The second-order valence-corrected chi connectivity index (χ2v) is 6.55. The molecule has 0 saturated heterocycles. The van der Waals surface area contributed by atoms with E-state index in [1.54, 1.807) is 25.3 Å². The van der Waals surface area contributed by atoms with Crippen LogP contribution in [0.2, 0.25) is 0 Å². The predicted molar refractivity (Wildman–Crippen MR) is 99.0 cm³/mol. The van der Waals surface area contributed by atoms with Crippen LogP contribution in [0.15, 0.2) is 48.5 Å². The van der Waals surface area contributed by atoms with Crippen molar-refractivity contribution in [1.29, 1.82) is 0 Å². The number of benzene rings is 2. The minimum atomic E-state index is -0.991. The molecule has 136 valence electrons. The highest BCUT2D eigenvalue weighted by atomic mass is 16.5. The second-order valence-electron chi connectivity index (χ2n) is 6.55. The minimum Gasteiger partial charge on any atom is -0.495 e. The van der Waals surface area contributed by atoms with Crippen molar-refractivity contribution in [1.82, 2.24) is 0 Å². The van der Waals surface area contributed by atoms with Gasteiger partial charge in [-0.15, -0.1) is 0 Å². The molecule has 1 atom stereocenters. The molecular formula is C21H23NO4. The Hall–Kier alpha value is -2.82. The summed E-state index contributed by atoms with van der Waals surface area (Å²) in [5, 5.41) is 2.84. The normalized spacial score (nSPS) is 14.8. The third-order valence-electron chi connectivity index (χ3n) is 4.63. The Bertz CT molecular complexity index is 784. The maximum atomic E-state index is 12.9. The van der Waals surface area contributed by atoms with Crippen molar-refractivity contribution in [2.75, 3.05) is 12.4 Å². The Labute approximate surface area is 153 Å². The summed E-state index contributed by atoms with van der Waals surface area (Å²) in [6.45, 7) is 1.93. The van der Waals surface area contributed by atoms with E-state index in [4.69, 9.17) is 9.47 Å². The number of hydrogen-bond donors (Lipinski definition) is 1. The first-order valence-corrected chi connectivity index (χ1v) is 8.79. The lowest BCUT2D eigenvalue weighted by Gasteiger charge is -2.26. The fraction of sp³-hybridized carbons (Fsp3) is 0.333. The molecule has 5 heteroatoms. The first-order valence-electron chi connectivity index (χ1n) is 8.79. The summed E-state index contributed by atoms with van der Waals surface area (Å²) in [6.07, 6.45) is 1.69. The minimum absolute atomic E-state index is 0.0949. The molecule has 0 spiro atoms. The van der Waals surface area contributed by atoms with Crippen molar-refractivity contribution in [3.63, 3.8) is 0 Å². The molecule has 1 amide bonds. The van der Waals surface area contributed by atoms with Gasteiger partial charge >= 0.3 is 5.97 Å². The summed E-state index contributed by atoms with van der Waals surface area (Å²) in [5.74, 6) is -0.243. The van der Waals surface area contributed by atoms with Gasteiger partial charge in [0.1, 0.15) is 5.75 Å². The average molecular weight is 353 g/mol. The van der Waals surface area contributed by atoms with Gasteiger partial charge in [-0.25, -0.2) is 0 Å². The van der Waals surface area contributed by atoms with Gasteiger partial charge in [-0.1, -0.05) is 42.8 Å². The first kappa shape index (κ1) is 18.0. The summed E-state index contributed by atoms with van der Waals surface area (Å²) in [5.41, 5.74) is 2.19. The molecule has 0 bridgehead atoms. The van der Waals surface area contributed by atoms with Gasteiger partial charge in [0.2, 0.25) is 6.10 Å². The van der Waals surface area contributed by atoms with Crippen molar-refractivity contribution in [3.8, 4) is 5.75 Å². The van der Waals surface area contributed by atoms with Crippen molar-refractivity contribution in [3.05, 3.63) is 59.7 Å². The molecule has 0 heterocycles. The van der Waals surface area contributed by atoms with Crippen LogP contribution in [0.3, 0.4) is 0 Å². The molecule has 0 aromatic heterocycles. The van der Waals surface area contributed by atoms with Gasteiger partial charge in [0, 0.05) is 5.56 Å². The first-order chi connectivity index (χ1) is 12.6. The van der Waals surface area contributed by atoms with E-state index in [0.29, 0.717) is 17.0 Å². The highest BCUT2D eigenvalue weighted by Crippen LogP contribution is 2.31. The van der Waals surface area contributed by atoms with Crippen LogP contribution in [0.25, 0.3) is 0 Å². The number of carbonyl (C=O) groups is 2. The van der Waals surface area contributed by atoms with E-state index < -0.39 is 12.0 Å². The van der Waals surface area contributed by atoms with Crippen LogP contribution in [-0.4, -0.2) is 19.0 Å². The summed E-state index contributed by atoms with van der Waals surface area (Å²) in [6, 6.07) is 14.6. The second kappa shape index (κ2) is 8.04. The maximum absolute atomic E-state index is 12.9. The van der Waals surface area contributed by atoms with Crippen LogP contribution in [-0.2, 0) is 14.3 Å². The predicted octanol–water partition coefficient (Wildman–Crippen LogP) is 4.03. The molecular weight excluding hydrogens is 330 g/mol. The van der Waals surface area contributed by atoms with E-state index in [1.165, 1.54) is 0 Å². The largest absolute Gasteiger partial charge is 0.495 e. The molecule has 3 rings (SSSR count). The molecule has 26 heavy (non-hydrogen) atoms. The van der Waals surface area contributed by atoms with Crippen LogP contribution in [0, 0.1) is 12.8 Å². The molecule has 0 radical (unpaired) electrons. The molecule has 1 aliphatic rings. The third kappa shape index (κ3) is 4.04. The standard InChI is InChI=1S/C21H23NO4/c1-14-11-12-18(25-2)17(13-14)22-20(23)19(15-7-4-3-5-8-15)26-21(24)16-9-6-10-16/h3-5,7-8,11-13,16,19H,6,9-10H2,1-2H3,(H,22,23)/t19-/m0/s1. The van der Waals surface area contributed by atoms with E-state index in [-0.39, 0.29) is 11.9 Å². The van der Waals surface area contributed by atoms with Crippen molar-refractivity contribution in [2.45, 2.75) is 32.3 Å². The summed E-state index contributed by atoms with van der Waals surface area (Å²) in [7, 11) is 1.55. The highest BCUT2D eigenvalue weighted by molar-refractivity contribution is 5.97. The fourth-order valence-corrected chi connectivity index (χ4v) is 2.87. The van der Waals surface area contributed by atoms with E-state index in [1.807, 2.05) is 37.3 Å². The van der Waals surface area contributed by atoms with E-state index in [9.17, 15) is 9.59 Å². The molecule has 2 aromatic rings. The van der Waals surface area contributed by atoms with E-state index in [0.717, 1.165) is 24.8 Å². The zero-order chi connectivity index (χ0) is 18.5. The van der Waals surface area contributed by atoms with Gasteiger partial charge in [0.05, 0.1) is 18.7 Å². The van der Waals surface area contributed by atoms with Gasteiger partial charge < -0.3 is 14.8 Å². The number of carbonyl (C=O) groups excluding carboxylic acids is 2. The Morgan fingerprint density at radius 2 is 1.85 bits per heavy atom. The Balaban J connectivity index is 1.82. The fourth-order valence-electron chi connectivity index (χ4n) is 2.87. The summed E-state index contributed by atoms with van der Waals surface area (Å²) < 4.78 is 10.9. The number of methoxy groups -OCH3 is 1. The zero-order valence-corrected chi connectivity index (χ0v) is 15.0. The molecule has 1 N–H and O–H groups in total. The van der Waals surface area contributed by atoms with Crippen LogP contribution in [0.4, 0.5) is 5.69 Å². The van der Waals surface area contributed by atoms with Crippen molar-refractivity contribution < 1.29 is 19.1 Å². The number of aryl methyl sites for hydroxylation is 1. The van der Waals surface area contributed by atoms with Gasteiger partial charge in [0.15, 0.2) is 0 Å². The number of esters is 1. The maximum Gasteiger partial charge on any atom is 0.310 e. The number of ether oxygens (including phenoxy) is 2. The molecule has 0 unspecified atom stereocenters. The van der Waals surface area contributed by atoms with E-state index in [2.05, 4.69) is 5.32 Å². The summed E-state index contributed by atoms with van der Waals surface area (Å²) >= 11 is 0. The van der Waals surface area contributed by atoms with Crippen LogP contribution >= 0.6 is 0 Å². The SMILES string of the molecule is COc1ccc(C)cc1NC(=O)[C@@H](OC(=O)C1CCC1)c1ccccc1. The van der Waals surface area contributed by atoms with Crippen molar-refractivity contribution >= 4 is 17.6 Å². The smallest absolute Gasteiger partial charge is 0.310 e. The van der Waals surface area contributed by atoms with Gasteiger partial charge in [0.25, 0.3) is 5.91 Å². The number of amides is 1. The topological polar surface area (TPSA) is 64.6 Å². The molecule has 1 aliphatic carbocycles. The average Bonchev–Trinajstić information content (AvgIpc) is 2.59. The number of rotatable bonds is 6. The number of nitrogens with one attached hydrogen (secondary N) is 1. The van der Waals surface area contributed by atoms with Crippen LogP contribution in [0.1, 0.15) is 36.5 Å². The quantitative estimate of drug-likeness (QED) is 0.797. The molecule has 0 aliphatic heterocycles. The van der Waals surface area contributed by atoms with Gasteiger partial charge in [-0.3, -0.25) is 9.59 Å². The lowest BCUT2D eigenvalue weighted by molar-refractivity contribution is -0.161. The third-order valence-corrected chi connectivity index (χ3v) is 4.63.